The molecule has 2 heterocycles. The van der Waals surface area contributed by atoms with Crippen molar-refractivity contribution < 1.29 is 4.52 Å². The first kappa shape index (κ1) is 17.1. The van der Waals surface area contributed by atoms with Crippen molar-refractivity contribution in [1.29, 1.82) is 0 Å². The Bertz CT molecular complexity index is 671. The van der Waals surface area contributed by atoms with E-state index in [1.807, 2.05) is 36.4 Å². The Morgan fingerprint density at radius 1 is 0.905 bits per heavy atom. The van der Waals surface area contributed by atoms with Crippen LogP contribution in [0.4, 0.5) is 0 Å². The summed E-state index contributed by atoms with van der Waals surface area (Å²) < 4.78 is 5.27. The Hall–Kier alpha value is -1.95. The van der Waals surface area contributed by atoms with E-state index >= 15 is 0 Å². The largest absolute Gasteiger partial charge is 0.334 e. The molecule has 0 aliphatic rings. The molecular weight excluding hydrogens is 311 g/mol. The molecule has 0 radical (unpaired) electrons. The molecule has 2 N–H and O–H groups in total. The molecule has 3 aromatic rings. The molecule has 0 saturated heterocycles. The standard InChI is InChI=1S/C14H12N4O.2ClH/c15-9-10-1-3-12(4-2-10)14-17-13(18-19-14)11-5-7-16-8-6-11;;/h1-8H,9,15H2;2*1H. The lowest BCUT2D eigenvalue weighted by Crippen LogP contribution is -1.95. The van der Waals surface area contributed by atoms with E-state index in [-0.39, 0.29) is 24.8 Å². The van der Waals surface area contributed by atoms with Gasteiger partial charge in [0.1, 0.15) is 0 Å². The Morgan fingerprint density at radius 2 is 1.57 bits per heavy atom. The summed E-state index contributed by atoms with van der Waals surface area (Å²) in [4.78, 5) is 8.33. The third kappa shape index (κ3) is 3.78. The second kappa shape index (κ2) is 7.73. The van der Waals surface area contributed by atoms with Crippen LogP contribution in [-0.4, -0.2) is 15.1 Å². The maximum atomic E-state index is 5.56. The van der Waals surface area contributed by atoms with Gasteiger partial charge in [0.25, 0.3) is 5.89 Å². The topological polar surface area (TPSA) is 77.8 Å². The number of nitrogens with zero attached hydrogens (tertiary/aromatic N) is 3. The van der Waals surface area contributed by atoms with Gasteiger partial charge in [0, 0.05) is 30.1 Å². The minimum Gasteiger partial charge on any atom is -0.334 e. The molecule has 0 amide bonds. The van der Waals surface area contributed by atoms with Gasteiger partial charge in [-0.25, -0.2) is 0 Å². The van der Waals surface area contributed by atoms with Crippen LogP contribution in [-0.2, 0) is 6.54 Å². The van der Waals surface area contributed by atoms with Gasteiger partial charge in [-0.2, -0.15) is 4.98 Å². The van der Waals surface area contributed by atoms with Crippen LogP contribution in [0.2, 0.25) is 0 Å². The van der Waals surface area contributed by atoms with Crippen LogP contribution < -0.4 is 5.73 Å². The zero-order valence-electron chi connectivity index (χ0n) is 11.0. The number of pyridine rings is 1. The van der Waals surface area contributed by atoms with Crippen LogP contribution in [0.3, 0.4) is 0 Å². The SMILES string of the molecule is Cl.Cl.NCc1ccc(-c2nc(-c3ccncc3)no2)cc1. The van der Waals surface area contributed by atoms with Crippen molar-refractivity contribution in [1.82, 2.24) is 15.1 Å². The van der Waals surface area contributed by atoms with Crippen molar-refractivity contribution in [2.45, 2.75) is 6.54 Å². The molecule has 0 aliphatic heterocycles. The van der Waals surface area contributed by atoms with Crippen molar-refractivity contribution in [3.8, 4) is 22.8 Å². The minimum atomic E-state index is 0. The highest BCUT2D eigenvalue weighted by Gasteiger charge is 2.09. The summed E-state index contributed by atoms with van der Waals surface area (Å²) in [6, 6.07) is 11.4. The molecule has 3 rings (SSSR count). The van der Waals surface area contributed by atoms with Crippen LogP contribution in [0.25, 0.3) is 22.8 Å². The van der Waals surface area contributed by atoms with Gasteiger partial charge in [-0.05, 0) is 29.8 Å². The minimum absolute atomic E-state index is 0. The third-order valence-electron chi connectivity index (χ3n) is 2.80. The highest BCUT2D eigenvalue weighted by Crippen LogP contribution is 2.21. The number of rotatable bonds is 3. The van der Waals surface area contributed by atoms with Crippen LogP contribution >= 0.6 is 24.8 Å². The fourth-order valence-electron chi connectivity index (χ4n) is 1.74. The zero-order valence-corrected chi connectivity index (χ0v) is 12.6. The maximum absolute atomic E-state index is 5.56. The molecule has 0 bridgehead atoms. The number of halogens is 2. The second-order valence-electron chi connectivity index (χ2n) is 4.06. The maximum Gasteiger partial charge on any atom is 0.258 e. The molecule has 110 valence electrons. The lowest BCUT2D eigenvalue weighted by molar-refractivity contribution is 0.432. The molecule has 0 spiro atoms. The van der Waals surface area contributed by atoms with Gasteiger partial charge >= 0.3 is 0 Å². The summed E-state index contributed by atoms with van der Waals surface area (Å²) in [5.74, 6) is 1.05. The lowest BCUT2D eigenvalue weighted by Gasteiger charge is -1.97. The van der Waals surface area contributed by atoms with Gasteiger partial charge in [-0.3, -0.25) is 4.98 Å². The first-order chi connectivity index (χ1) is 9.36. The Balaban J connectivity index is 0.00000110. The highest BCUT2D eigenvalue weighted by atomic mass is 35.5. The Morgan fingerprint density at radius 3 is 2.19 bits per heavy atom. The second-order valence-corrected chi connectivity index (χ2v) is 4.06. The van der Waals surface area contributed by atoms with Gasteiger partial charge in [0.2, 0.25) is 5.82 Å². The molecule has 0 fully saturated rings. The zero-order chi connectivity index (χ0) is 13.1. The fraction of sp³-hybridized carbons (Fsp3) is 0.0714. The predicted octanol–water partition coefficient (Wildman–Crippen LogP) is 3.10. The van der Waals surface area contributed by atoms with E-state index in [1.54, 1.807) is 12.4 Å². The normalized spacial score (nSPS) is 9.57. The van der Waals surface area contributed by atoms with E-state index in [1.165, 1.54) is 0 Å². The summed E-state index contributed by atoms with van der Waals surface area (Å²) in [6.07, 6.45) is 3.39. The van der Waals surface area contributed by atoms with E-state index in [4.69, 9.17) is 10.3 Å². The first-order valence-corrected chi connectivity index (χ1v) is 5.90. The Labute approximate surface area is 134 Å². The first-order valence-electron chi connectivity index (χ1n) is 5.90. The smallest absolute Gasteiger partial charge is 0.258 e. The molecule has 2 aromatic heterocycles. The van der Waals surface area contributed by atoms with Gasteiger partial charge in [0.05, 0.1) is 0 Å². The van der Waals surface area contributed by atoms with Crippen molar-refractivity contribution >= 4 is 24.8 Å². The van der Waals surface area contributed by atoms with Gasteiger partial charge in [-0.1, -0.05) is 17.3 Å². The van der Waals surface area contributed by atoms with Crippen molar-refractivity contribution in [3.05, 3.63) is 54.4 Å². The van der Waals surface area contributed by atoms with Gasteiger partial charge in [0.15, 0.2) is 0 Å². The Kier molecular flexibility index (Phi) is 6.30. The van der Waals surface area contributed by atoms with Crippen LogP contribution in [0.5, 0.6) is 0 Å². The number of nitrogens with two attached hydrogens (primary N) is 1. The lowest BCUT2D eigenvalue weighted by atomic mass is 10.1. The van der Waals surface area contributed by atoms with E-state index in [0.29, 0.717) is 18.3 Å². The van der Waals surface area contributed by atoms with E-state index in [9.17, 15) is 0 Å². The quantitative estimate of drug-likeness (QED) is 0.800. The number of hydrogen-bond donors (Lipinski definition) is 1. The summed E-state index contributed by atoms with van der Waals surface area (Å²) in [5.41, 5.74) is 8.39. The third-order valence-corrected chi connectivity index (χ3v) is 2.80. The fourth-order valence-corrected chi connectivity index (χ4v) is 1.74. The molecule has 0 saturated carbocycles. The van der Waals surface area contributed by atoms with Crippen LogP contribution in [0.1, 0.15) is 5.56 Å². The number of benzene rings is 1. The molecule has 21 heavy (non-hydrogen) atoms. The molecule has 7 heteroatoms. The molecule has 5 nitrogen and oxygen atoms in total. The van der Waals surface area contributed by atoms with Gasteiger partial charge in [-0.15, -0.1) is 24.8 Å². The van der Waals surface area contributed by atoms with Crippen LogP contribution in [0.15, 0.2) is 53.3 Å². The summed E-state index contributed by atoms with van der Waals surface area (Å²) in [6.45, 7) is 0.520. The molecule has 1 aromatic carbocycles. The van der Waals surface area contributed by atoms with Crippen molar-refractivity contribution in [3.63, 3.8) is 0 Å². The summed E-state index contributed by atoms with van der Waals surface area (Å²) in [7, 11) is 0. The average molecular weight is 325 g/mol. The van der Waals surface area contributed by atoms with Crippen LogP contribution in [0, 0.1) is 0 Å². The van der Waals surface area contributed by atoms with E-state index in [2.05, 4.69) is 15.1 Å². The monoisotopic (exact) mass is 324 g/mol. The van der Waals surface area contributed by atoms with Gasteiger partial charge < -0.3 is 10.3 Å². The number of aromatic nitrogens is 3. The molecule has 0 atom stereocenters. The van der Waals surface area contributed by atoms with E-state index in [0.717, 1.165) is 16.7 Å². The summed E-state index contributed by atoms with van der Waals surface area (Å²) >= 11 is 0. The number of hydrogen-bond acceptors (Lipinski definition) is 5. The highest BCUT2D eigenvalue weighted by molar-refractivity contribution is 5.85. The molecule has 0 aliphatic carbocycles. The predicted molar refractivity (Wildman–Crippen MR) is 85.4 cm³/mol. The summed E-state index contributed by atoms with van der Waals surface area (Å²) in [5, 5.41) is 3.97. The molecule has 0 unspecified atom stereocenters. The molecular formula is C14H14Cl2N4O. The van der Waals surface area contributed by atoms with Crippen molar-refractivity contribution in [2.24, 2.45) is 5.73 Å². The average Bonchev–Trinajstić information content (AvgIpc) is 2.98. The van der Waals surface area contributed by atoms with E-state index < -0.39 is 0 Å². The van der Waals surface area contributed by atoms with Crippen molar-refractivity contribution in [2.75, 3.05) is 0 Å².